The van der Waals surface area contributed by atoms with E-state index >= 15 is 0 Å². The van der Waals surface area contributed by atoms with Crippen LogP contribution in [0.4, 0.5) is 28.8 Å². The van der Waals surface area contributed by atoms with Gasteiger partial charge in [-0.1, -0.05) is 12.1 Å². The smallest absolute Gasteiger partial charge is 0.229 e. The third-order valence-corrected chi connectivity index (χ3v) is 4.74. The highest BCUT2D eigenvalue weighted by Gasteiger charge is 2.12. The van der Waals surface area contributed by atoms with Gasteiger partial charge in [-0.3, -0.25) is 0 Å². The Balaban J connectivity index is 1.49. The fourth-order valence-electron chi connectivity index (χ4n) is 3.42. The van der Waals surface area contributed by atoms with Crippen LogP contribution in [0.2, 0.25) is 0 Å². The maximum Gasteiger partial charge on any atom is 0.229 e. The van der Waals surface area contributed by atoms with Gasteiger partial charge in [0, 0.05) is 41.9 Å². The van der Waals surface area contributed by atoms with Crippen molar-refractivity contribution in [1.29, 1.82) is 0 Å². The molecule has 0 bridgehead atoms. The number of aromatic nitrogens is 2. The maximum atomic E-state index is 4.61. The zero-order chi connectivity index (χ0) is 18.6. The van der Waals surface area contributed by atoms with E-state index in [1.54, 1.807) is 0 Å². The van der Waals surface area contributed by atoms with Gasteiger partial charge in [-0.05, 0) is 68.7 Å². The lowest BCUT2D eigenvalue weighted by Crippen LogP contribution is -2.17. The summed E-state index contributed by atoms with van der Waals surface area (Å²) in [6.07, 6.45) is 2.58. The first-order chi connectivity index (χ1) is 13.2. The van der Waals surface area contributed by atoms with Crippen molar-refractivity contribution in [3.05, 3.63) is 65.9 Å². The van der Waals surface area contributed by atoms with Gasteiger partial charge >= 0.3 is 0 Å². The second-order valence-corrected chi connectivity index (χ2v) is 7.08. The first-order valence-electron chi connectivity index (χ1n) is 9.47. The molecule has 2 heterocycles. The number of rotatable bonds is 5. The lowest BCUT2D eigenvalue weighted by molar-refractivity contribution is 0.949. The normalized spacial score (nSPS) is 13.6. The van der Waals surface area contributed by atoms with E-state index in [-0.39, 0.29) is 0 Å². The molecular weight excluding hydrogens is 334 g/mol. The zero-order valence-electron chi connectivity index (χ0n) is 15.9. The van der Waals surface area contributed by atoms with Gasteiger partial charge < -0.3 is 15.5 Å². The Morgan fingerprint density at radius 3 is 2.33 bits per heavy atom. The highest BCUT2D eigenvalue weighted by molar-refractivity contribution is 5.63. The van der Waals surface area contributed by atoms with Crippen LogP contribution in [0.15, 0.2) is 54.6 Å². The number of nitrogens with zero attached hydrogens (tertiary/aromatic N) is 3. The average molecular weight is 359 g/mol. The van der Waals surface area contributed by atoms with Crippen molar-refractivity contribution in [2.24, 2.45) is 0 Å². The number of hydrogen-bond donors (Lipinski definition) is 2. The molecule has 0 aliphatic carbocycles. The Hall–Kier alpha value is -3.08. The minimum atomic E-state index is 0.594. The van der Waals surface area contributed by atoms with Crippen molar-refractivity contribution in [2.75, 3.05) is 28.6 Å². The molecule has 138 valence electrons. The molecule has 0 unspecified atom stereocenters. The predicted octanol–water partition coefficient (Wildman–Crippen LogP) is 5.18. The molecule has 1 aromatic heterocycles. The molecule has 0 radical (unpaired) electrons. The van der Waals surface area contributed by atoms with Gasteiger partial charge in [0.25, 0.3) is 0 Å². The fourth-order valence-corrected chi connectivity index (χ4v) is 3.42. The van der Waals surface area contributed by atoms with Crippen LogP contribution in [0.3, 0.4) is 0 Å². The fraction of sp³-hybridized carbons (Fsp3) is 0.273. The van der Waals surface area contributed by atoms with E-state index < -0.39 is 0 Å². The number of nitrogens with one attached hydrogen (secondary N) is 2. The highest BCUT2D eigenvalue weighted by Crippen LogP contribution is 2.24. The molecule has 2 N–H and O–H groups in total. The molecule has 0 amide bonds. The first kappa shape index (κ1) is 17.3. The molecule has 0 spiro atoms. The van der Waals surface area contributed by atoms with Gasteiger partial charge in [-0.15, -0.1) is 0 Å². The summed E-state index contributed by atoms with van der Waals surface area (Å²) < 4.78 is 0. The summed E-state index contributed by atoms with van der Waals surface area (Å²) in [4.78, 5) is 11.5. The summed E-state index contributed by atoms with van der Waals surface area (Å²) in [5, 5.41) is 6.68. The van der Waals surface area contributed by atoms with Crippen molar-refractivity contribution >= 4 is 28.8 Å². The predicted molar refractivity (Wildman–Crippen MR) is 112 cm³/mol. The summed E-state index contributed by atoms with van der Waals surface area (Å²) in [6.45, 7) is 6.36. The van der Waals surface area contributed by atoms with Gasteiger partial charge in [0.1, 0.15) is 5.82 Å². The molecule has 5 heteroatoms. The summed E-state index contributed by atoms with van der Waals surface area (Å²) in [5.74, 6) is 1.38. The van der Waals surface area contributed by atoms with Crippen LogP contribution in [0.1, 0.15) is 24.1 Å². The summed E-state index contributed by atoms with van der Waals surface area (Å²) in [5.41, 5.74) is 5.42. The van der Waals surface area contributed by atoms with E-state index in [0.29, 0.717) is 5.95 Å². The Morgan fingerprint density at radius 2 is 1.59 bits per heavy atom. The standard InChI is InChI=1S/C22H25N5/c1-16-6-5-7-19(14-16)25-22-23-17(2)15-21(26-22)24-18-8-10-20(11-9-18)27-12-3-4-13-27/h5-11,14-15H,3-4,12-13H2,1-2H3,(H2,23,24,25,26). The van der Waals surface area contributed by atoms with Crippen LogP contribution in [0, 0.1) is 13.8 Å². The second-order valence-electron chi connectivity index (χ2n) is 7.08. The third-order valence-electron chi connectivity index (χ3n) is 4.74. The summed E-state index contributed by atoms with van der Waals surface area (Å²) >= 11 is 0. The molecule has 1 aliphatic rings. The van der Waals surface area contributed by atoms with Crippen LogP contribution in [-0.2, 0) is 0 Å². The minimum absolute atomic E-state index is 0.594. The monoisotopic (exact) mass is 359 g/mol. The quantitative estimate of drug-likeness (QED) is 0.657. The lowest BCUT2D eigenvalue weighted by atomic mass is 10.2. The number of hydrogen-bond acceptors (Lipinski definition) is 5. The molecule has 5 nitrogen and oxygen atoms in total. The van der Waals surface area contributed by atoms with Crippen molar-refractivity contribution in [2.45, 2.75) is 26.7 Å². The first-order valence-corrected chi connectivity index (χ1v) is 9.47. The van der Waals surface area contributed by atoms with Gasteiger partial charge in [-0.2, -0.15) is 4.98 Å². The summed E-state index contributed by atoms with van der Waals surface area (Å²) in [6, 6.07) is 18.7. The van der Waals surface area contributed by atoms with E-state index in [4.69, 9.17) is 0 Å². The molecule has 27 heavy (non-hydrogen) atoms. The van der Waals surface area contributed by atoms with Crippen LogP contribution in [-0.4, -0.2) is 23.1 Å². The van der Waals surface area contributed by atoms with Crippen LogP contribution >= 0.6 is 0 Å². The Morgan fingerprint density at radius 1 is 0.815 bits per heavy atom. The van der Waals surface area contributed by atoms with E-state index in [9.17, 15) is 0 Å². The molecule has 0 atom stereocenters. The Bertz CT molecular complexity index is 914. The average Bonchev–Trinajstić information content (AvgIpc) is 3.16. The van der Waals surface area contributed by atoms with E-state index in [2.05, 4.69) is 68.8 Å². The molecule has 1 saturated heterocycles. The molecule has 4 rings (SSSR count). The van der Waals surface area contributed by atoms with E-state index in [1.165, 1.54) is 24.1 Å². The third kappa shape index (κ3) is 4.37. The summed E-state index contributed by atoms with van der Waals surface area (Å²) in [7, 11) is 0. The van der Waals surface area contributed by atoms with Crippen molar-refractivity contribution in [1.82, 2.24) is 9.97 Å². The topological polar surface area (TPSA) is 53.1 Å². The number of aryl methyl sites for hydroxylation is 2. The van der Waals surface area contributed by atoms with Crippen LogP contribution in [0.5, 0.6) is 0 Å². The van der Waals surface area contributed by atoms with Gasteiger partial charge in [0.2, 0.25) is 5.95 Å². The van der Waals surface area contributed by atoms with Crippen molar-refractivity contribution in [3.8, 4) is 0 Å². The second kappa shape index (κ2) is 7.66. The van der Waals surface area contributed by atoms with Crippen LogP contribution < -0.4 is 15.5 Å². The zero-order valence-corrected chi connectivity index (χ0v) is 15.9. The SMILES string of the molecule is Cc1cccc(Nc2nc(C)cc(Nc3ccc(N4CCCC4)cc3)n2)c1. The van der Waals surface area contributed by atoms with Crippen molar-refractivity contribution < 1.29 is 0 Å². The van der Waals surface area contributed by atoms with Crippen molar-refractivity contribution in [3.63, 3.8) is 0 Å². The largest absolute Gasteiger partial charge is 0.372 e. The minimum Gasteiger partial charge on any atom is -0.372 e. The molecule has 1 fully saturated rings. The molecule has 0 saturated carbocycles. The molecule has 3 aromatic rings. The Labute approximate surface area is 160 Å². The number of anilines is 5. The lowest BCUT2D eigenvalue weighted by Gasteiger charge is -2.18. The van der Waals surface area contributed by atoms with E-state index in [1.807, 2.05) is 25.1 Å². The maximum absolute atomic E-state index is 4.61. The molecular formula is C22H25N5. The number of benzene rings is 2. The Kier molecular flexibility index (Phi) is 4.92. The molecule has 2 aromatic carbocycles. The van der Waals surface area contributed by atoms with E-state index in [0.717, 1.165) is 36.0 Å². The van der Waals surface area contributed by atoms with Gasteiger partial charge in [0.05, 0.1) is 0 Å². The highest BCUT2D eigenvalue weighted by atomic mass is 15.2. The van der Waals surface area contributed by atoms with Gasteiger partial charge in [-0.25, -0.2) is 4.98 Å². The molecule has 1 aliphatic heterocycles. The van der Waals surface area contributed by atoms with Gasteiger partial charge in [0.15, 0.2) is 0 Å². The van der Waals surface area contributed by atoms with Crippen LogP contribution in [0.25, 0.3) is 0 Å².